The van der Waals surface area contributed by atoms with Gasteiger partial charge in [0.1, 0.15) is 13.2 Å². The summed E-state index contributed by atoms with van der Waals surface area (Å²) in [5.41, 5.74) is 0. The predicted octanol–water partition coefficient (Wildman–Crippen LogP) is 21.4. The maximum Gasteiger partial charge on any atom is 0.268 e. The first-order valence-electron chi connectivity index (χ1n) is 34.4. The summed E-state index contributed by atoms with van der Waals surface area (Å²) in [6.07, 6.45) is 94.6. The highest BCUT2D eigenvalue weighted by atomic mass is 31.2. The van der Waals surface area contributed by atoms with Gasteiger partial charge >= 0.3 is 0 Å². The number of aliphatic hydroxyl groups excluding tert-OH is 1. The fraction of sp³-hybridized carbons (Fsp3) is 0.716. The van der Waals surface area contributed by atoms with E-state index in [2.05, 4.69) is 129 Å². The topological polar surface area (TPSA) is 108 Å². The van der Waals surface area contributed by atoms with Gasteiger partial charge in [-0.05, 0) is 103 Å². The Labute approximate surface area is 514 Å². The summed E-state index contributed by atoms with van der Waals surface area (Å²) >= 11 is 0. The molecule has 2 N–H and O–H groups in total. The molecule has 0 rings (SSSR count). The Balaban J connectivity index is 4.21. The molecule has 1 amide bonds. The molecule has 0 bridgehead atoms. The zero-order valence-electron chi connectivity index (χ0n) is 54.6. The second kappa shape index (κ2) is 63.4. The van der Waals surface area contributed by atoms with Crippen LogP contribution < -0.4 is 10.2 Å². The van der Waals surface area contributed by atoms with E-state index in [9.17, 15) is 19.4 Å². The highest BCUT2D eigenvalue weighted by molar-refractivity contribution is 7.45. The van der Waals surface area contributed by atoms with Crippen molar-refractivity contribution < 1.29 is 32.9 Å². The lowest BCUT2D eigenvalue weighted by molar-refractivity contribution is -0.870. The van der Waals surface area contributed by atoms with Gasteiger partial charge in [0.2, 0.25) is 5.91 Å². The smallest absolute Gasteiger partial charge is 0.268 e. The number of phosphoric acid groups is 1. The fourth-order valence-electron chi connectivity index (χ4n) is 9.58. The summed E-state index contributed by atoms with van der Waals surface area (Å²) in [4.78, 5) is 25.6. The van der Waals surface area contributed by atoms with Gasteiger partial charge in [0.05, 0.1) is 39.9 Å². The molecule has 0 aliphatic rings. The quantitative estimate of drug-likeness (QED) is 0.0272. The first-order valence-corrected chi connectivity index (χ1v) is 35.9. The molecule has 0 saturated carbocycles. The number of quaternary nitrogens is 1. The Morgan fingerprint density at radius 1 is 0.434 bits per heavy atom. The molecule has 0 spiro atoms. The number of hydrogen-bond donors (Lipinski definition) is 2. The Morgan fingerprint density at radius 3 is 1.12 bits per heavy atom. The van der Waals surface area contributed by atoms with E-state index in [1.165, 1.54) is 167 Å². The van der Waals surface area contributed by atoms with Gasteiger partial charge in [0.15, 0.2) is 0 Å². The Kier molecular flexibility index (Phi) is 61.0. The Bertz CT molecular complexity index is 1770. The molecule has 83 heavy (non-hydrogen) atoms. The third-order valence-corrected chi connectivity index (χ3v) is 15.8. The molecule has 478 valence electrons. The van der Waals surface area contributed by atoms with Crippen LogP contribution in [0.5, 0.6) is 0 Å². The van der Waals surface area contributed by atoms with Gasteiger partial charge in [-0.2, -0.15) is 0 Å². The minimum atomic E-state index is -4.63. The number of amides is 1. The first-order chi connectivity index (χ1) is 40.5. The van der Waals surface area contributed by atoms with E-state index < -0.39 is 26.6 Å². The zero-order chi connectivity index (χ0) is 60.5. The number of carbonyl (C=O) groups excluding carboxylic acids is 1. The second-order valence-corrected chi connectivity index (χ2v) is 25.5. The van der Waals surface area contributed by atoms with Crippen molar-refractivity contribution in [1.82, 2.24) is 5.32 Å². The van der Waals surface area contributed by atoms with Gasteiger partial charge in [0.25, 0.3) is 7.82 Å². The summed E-state index contributed by atoms with van der Waals surface area (Å²) in [5, 5.41) is 13.9. The highest BCUT2D eigenvalue weighted by Gasteiger charge is 2.23. The predicted molar refractivity (Wildman–Crippen MR) is 362 cm³/mol. The highest BCUT2D eigenvalue weighted by Crippen LogP contribution is 2.38. The van der Waals surface area contributed by atoms with Crippen molar-refractivity contribution >= 4 is 13.7 Å². The molecule has 0 radical (unpaired) electrons. The summed E-state index contributed by atoms with van der Waals surface area (Å²) in [5.74, 6) is -0.220. The average molecular weight is 1180 g/mol. The zero-order valence-corrected chi connectivity index (χ0v) is 55.5. The number of carbonyl (C=O) groups is 1. The third-order valence-electron chi connectivity index (χ3n) is 14.9. The van der Waals surface area contributed by atoms with Crippen LogP contribution in [-0.4, -0.2) is 68.5 Å². The van der Waals surface area contributed by atoms with Gasteiger partial charge < -0.3 is 28.8 Å². The van der Waals surface area contributed by atoms with Crippen molar-refractivity contribution in [3.8, 4) is 0 Å². The number of nitrogens with one attached hydrogen (secondary N) is 1. The molecule has 8 nitrogen and oxygen atoms in total. The van der Waals surface area contributed by atoms with Crippen LogP contribution in [0.15, 0.2) is 122 Å². The summed E-state index contributed by atoms with van der Waals surface area (Å²) in [6.45, 7) is 4.52. The first kappa shape index (κ1) is 79.9. The summed E-state index contributed by atoms with van der Waals surface area (Å²) in [7, 11) is 1.22. The lowest BCUT2D eigenvalue weighted by Gasteiger charge is -2.29. The standard InChI is InChI=1S/C74H131N2O6P/c1-6-8-10-12-14-16-18-20-22-24-26-28-30-32-34-36-38-40-42-44-46-48-50-52-54-56-58-60-62-64-66-68-74(78)75-72(71-82-83(79,80)81-70-69-76(3,4)5)73(77)67-65-63-61-59-57-55-53-51-49-47-45-43-41-39-37-35-33-31-29-27-25-23-21-19-17-15-13-11-9-7-2/h8,10,14,16,20,22,26,28,32,34,38,40,44,46,49,51,57,59,65,67,72-73,77H,6-7,9,11-13,15,17-19,21,23-25,27,29-31,33,35-37,39,41-43,45,47-48,50,52-56,58,60-64,66,68-71H2,1-5H3,(H-,75,78,79,80)/b10-8-,16-14-,22-20-,28-26-,34-32-,40-38-,46-44-,51-49+,59-57+,67-65+. The van der Waals surface area contributed by atoms with E-state index in [1.54, 1.807) is 6.08 Å². The number of unbranched alkanes of at least 4 members (excludes halogenated alkanes) is 31. The summed E-state index contributed by atoms with van der Waals surface area (Å²) < 4.78 is 23.4. The largest absolute Gasteiger partial charge is 0.756 e. The van der Waals surface area contributed by atoms with Crippen molar-refractivity contribution in [1.29, 1.82) is 0 Å². The molecule has 0 aromatic heterocycles. The molecular formula is C74H131N2O6P. The molecule has 0 aromatic rings. The number of nitrogens with zero attached hydrogens (tertiary/aromatic N) is 1. The van der Waals surface area contributed by atoms with E-state index >= 15 is 0 Å². The van der Waals surface area contributed by atoms with Crippen LogP contribution in [0.4, 0.5) is 0 Å². The minimum absolute atomic E-state index is 0.0162. The maximum absolute atomic E-state index is 13.0. The SMILES string of the molecule is CC/C=C\C/C=C\C/C=C\C/C=C\C/C=C\C/C=C\C/C=C\CCCCCCCCCCCC(=O)NC(COP(=O)([O-])OCC[N+](C)(C)C)C(O)/C=C/CC/C=C/CC/C=C/CCCCCCCCCCCCCCCCCCCCCC. The molecule has 0 aliphatic heterocycles. The van der Waals surface area contributed by atoms with Crippen molar-refractivity contribution in [3.05, 3.63) is 122 Å². The molecule has 3 atom stereocenters. The lowest BCUT2D eigenvalue weighted by Crippen LogP contribution is -2.45. The van der Waals surface area contributed by atoms with Gasteiger partial charge in [-0.1, -0.05) is 302 Å². The number of likely N-dealkylation sites (N-methyl/N-ethyl adjacent to an activating group) is 1. The van der Waals surface area contributed by atoms with E-state index in [0.29, 0.717) is 17.4 Å². The Hall–Kier alpha value is -3.10. The maximum atomic E-state index is 13.0. The van der Waals surface area contributed by atoms with Crippen molar-refractivity contribution in [2.45, 2.75) is 302 Å². The second-order valence-electron chi connectivity index (χ2n) is 24.1. The molecule has 0 fully saturated rings. The summed E-state index contributed by atoms with van der Waals surface area (Å²) in [6, 6.07) is -0.924. The molecule has 0 heterocycles. The van der Waals surface area contributed by atoms with Crippen molar-refractivity contribution in [2.75, 3.05) is 40.9 Å². The van der Waals surface area contributed by atoms with Gasteiger partial charge in [-0.3, -0.25) is 9.36 Å². The van der Waals surface area contributed by atoms with Crippen LogP contribution >= 0.6 is 7.82 Å². The third kappa shape index (κ3) is 66.3. The van der Waals surface area contributed by atoms with Crippen molar-refractivity contribution in [2.24, 2.45) is 0 Å². The number of aliphatic hydroxyl groups is 1. The number of hydrogen-bond acceptors (Lipinski definition) is 6. The van der Waals surface area contributed by atoms with Crippen LogP contribution in [0.25, 0.3) is 0 Å². The van der Waals surface area contributed by atoms with E-state index in [4.69, 9.17) is 9.05 Å². The fourth-order valence-corrected chi connectivity index (χ4v) is 10.3. The number of allylic oxidation sites excluding steroid dienone is 19. The van der Waals surface area contributed by atoms with Crippen LogP contribution in [0, 0.1) is 0 Å². The van der Waals surface area contributed by atoms with Crippen LogP contribution in [-0.2, 0) is 18.4 Å². The van der Waals surface area contributed by atoms with E-state index in [-0.39, 0.29) is 12.5 Å². The van der Waals surface area contributed by atoms with E-state index in [1.807, 2.05) is 27.2 Å². The normalized spacial score (nSPS) is 14.4. The van der Waals surface area contributed by atoms with Crippen LogP contribution in [0.1, 0.15) is 290 Å². The molecule has 0 aromatic carbocycles. The number of phosphoric ester groups is 1. The van der Waals surface area contributed by atoms with Gasteiger partial charge in [-0.15, -0.1) is 0 Å². The van der Waals surface area contributed by atoms with Crippen LogP contribution in [0.3, 0.4) is 0 Å². The molecule has 9 heteroatoms. The van der Waals surface area contributed by atoms with Gasteiger partial charge in [-0.25, -0.2) is 0 Å². The molecule has 0 saturated heterocycles. The van der Waals surface area contributed by atoms with Crippen molar-refractivity contribution in [3.63, 3.8) is 0 Å². The van der Waals surface area contributed by atoms with E-state index in [0.717, 1.165) is 103 Å². The monoisotopic (exact) mass is 1170 g/mol. The lowest BCUT2D eigenvalue weighted by atomic mass is 10.0. The molecule has 0 aliphatic carbocycles. The van der Waals surface area contributed by atoms with Gasteiger partial charge in [0, 0.05) is 6.42 Å². The minimum Gasteiger partial charge on any atom is -0.756 e. The Morgan fingerprint density at radius 2 is 0.747 bits per heavy atom. The molecular weight excluding hydrogens is 1040 g/mol. The number of rotatable bonds is 62. The van der Waals surface area contributed by atoms with Crippen LogP contribution in [0.2, 0.25) is 0 Å². The average Bonchev–Trinajstić information content (AvgIpc) is 3.49. The molecule has 3 unspecified atom stereocenters.